The van der Waals surface area contributed by atoms with Crippen LogP contribution in [0.25, 0.3) is 10.9 Å². The lowest BCUT2D eigenvalue weighted by Crippen LogP contribution is -1.98. The van der Waals surface area contributed by atoms with Gasteiger partial charge < -0.3 is 9.47 Å². The monoisotopic (exact) mass is 267 g/mol. The SMILES string of the molecule is COCOc1cc(Br)c2cccnc2c1. The smallest absolute Gasteiger partial charge is 0.188 e. The zero-order valence-electron chi connectivity index (χ0n) is 8.24. The van der Waals surface area contributed by atoms with Gasteiger partial charge in [-0.15, -0.1) is 0 Å². The molecule has 4 heteroatoms. The Morgan fingerprint density at radius 3 is 3.07 bits per heavy atom. The Bertz CT molecular complexity index is 473. The third-order valence-electron chi connectivity index (χ3n) is 1.99. The predicted octanol–water partition coefficient (Wildman–Crippen LogP) is 2.98. The largest absolute Gasteiger partial charge is 0.467 e. The maximum atomic E-state index is 5.35. The summed E-state index contributed by atoms with van der Waals surface area (Å²) < 4.78 is 11.2. The molecule has 1 heterocycles. The first kappa shape index (κ1) is 10.4. The van der Waals surface area contributed by atoms with Crippen LogP contribution in [0.5, 0.6) is 5.75 Å². The van der Waals surface area contributed by atoms with E-state index in [1.165, 1.54) is 0 Å². The fraction of sp³-hybridized carbons (Fsp3) is 0.182. The van der Waals surface area contributed by atoms with Crippen LogP contribution >= 0.6 is 15.9 Å². The van der Waals surface area contributed by atoms with Crippen molar-refractivity contribution in [3.8, 4) is 5.75 Å². The van der Waals surface area contributed by atoms with Gasteiger partial charge in [-0.25, -0.2) is 0 Å². The molecule has 0 spiro atoms. The standard InChI is InChI=1S/C11H10BrNO2/c1-14-7-15-8-5-10(12)9-3-2-4-13-11(9)6-8/h2-6H,7H2,1H3. The first-order chi connectivity index (χ1) is 7.31. The molecular weight excluding hydrogens is 258 g/mol. The van der Waals surface area contributed by atoms with Crippen molar-refractivity contribution >= 4 is 26.8 Å². The number of fused-ring (bicyclic) bond motifs is 1. The molecule has 0 aliphatic rings. The number of methoxy groups -OCH3 is 1. The van der Waals surface area contributed by atoms with Crippen LogP contribution in [0.3, 0.4) is 0 Å². The minimum Gasteiger partial charge on any atom is -0.467 e. The maximum Gasteiger partial charge on any atom is 0.188 e. The highest BCUT2D eigenvalue weighted by Crippen LogP contribution is 2.27. The minimum absolute atomic E-state index is 0.241. The topological polar surface area (TPSA) is 31.4 Å². The number of pyridine rings is 1. The zero-order chi connectivity index (χ0) is 10.7. The number of rotatable bonds is 3. The van der Waals surface area contributed by atoms with Crippen LogP contribution in [0.2, 0.25) is 0 Å². The number of hydrogen-bond acceptors (Lipinski definition) is 3. The predicted molar refractivity (Wildman–Crippen MR) is 61.9 cm³/mol. The Labute approximate surface area is 96.2 Å². The molecule has 0 fully saturated rings. The molecule has 0 radical (unpaired) electrons. The van der Waals surface area contributed by atoms with E-state index in [2.05, 4.69) is 20.9 Å². The normalized spacial score (nSPS) is 10.5. The number of benzene rings is 1. The van der Waals surface area contributed by atoms with Crippen molar-refractivity contribution in [3.63, 3.8) is 0 Å². The quantitative estimate of drug-likeness (QED) is 0.802. The van der Waals surface area contributed by atoms with Crippen molar-refractivity contribution in [2.75, 3.05) is 13.9 Å². The van der Waals surface area contributed by atoms with Gasteiger partial charge in [-0.05, 0) is 28.1 Å². The lowest BCUT2D eigenvalue weighted by molar-refractivity contribution is 0.0512. The lowest BCUT2D eigenvalue weighted by Gasteiger charge is -2.06. The zero-order valence-corrected chi connectivity index (χ0v) is 9.82. The van der Waals surface area contributed by atoms with Crippen LogP contribution in [-0.4, -0.2) is 18.9 Å². The second-order valence-electron chi connectivity index (χ2n) is 3.03. The Morgan fingerprint density at radius 1 is 1.40 bits per heavy atom. The number of ether oxygens (including phenoxy) is 2. The fourth-order valence-electron chi connectivity index (χ4n) is 1.32. The molecule has 0 N–H and O–H groups in total. The van der Waals surface area contributed by atoms with Gasteiger partial charge >= 0.3 is 0 Å². The summed E-state index contributed by atoms with van der Waals surface area (Å²) >= 11 is 3.48. The second kappa shape index (κ2) is 4.59. The van der Waals surface area contributed by atoms with Gasteiger partial charge in [0.05, 0.1) is 5.52 Å². The molecule has 1 aromatic heterocycles. The van der Waals surface area contributed by atoms with Crippen molar-refractivity contribution in [1.82, 2.24) is 4.98 Å². The summed E-state index contributed by atoms with van der Waals surface area (Å²) in [7, 11) is 1.59. The summed E-state index contributed by atoms with van der Waals surface area (Å²) in [4.78, 5) is 4.26. The van der Waals surface area contributed by atoms with E-state index in [1.54, 1.807) is 13.3 Å². The van der Waals surface area contributed by atoms with E-state index in [0.717, 1.165) is 21.1 Å². The average molecular weight is 268 g/mol. The average Bonchev–Trinajstić information content (AvgIpc) is 2.26. The highest BCUT2D eigenvalue weighted by molar-refractivity contribution is 9.10. The van der Waals surface area contributed by atoms with Gasteiger partial charge in [0.2, 0.25) is 0 Å². The second-order valence-corrected chi connectivity index (χ2v) is 3.88. The molecule has 0 unspecified atom stereocenters. The molecule has 0 saturated carbocycles. The van der Waals surface area contributed by atoms with Crippen LogP contribution < -0.4 is 4.74 Å². The molecule has 0 aliphatic heterocycles. The molecule has 2 aromatic rings. The van der Waals surface area contributed by atoms with Crippen molar-refractivity contribution in [2.45, 2.75) is 0 Å². The maximum absolute atomic E-state index is 5.35. The Hall–Kier alpha value is -1.13. The van der Waals surface area contributed by atoms with Gasteiger partial charge in [0, 0.05) is 29.2 Å². The first-order valence-electron chi connectivity index (χ1n) is 4.47. The summed E-state index contributed by atoms with van der Waals surface area (Å²) in [5.41, 5.74) is 0.901. The summed E-state index contributed by atoms with van der Waals surface area (Å²) in [5.74, 6) is 0.745. The van der Waals surface area contributed by atoms with Crippen molar-refractivity contribution in [1.29, 1.82) is 0 Å². The molecule has 78 valence electrons. The molecule has 1 aromatic carbocycles. The summed E-state index contributed by atoms with van der Waals surface area (Å²) in [5, 5.41) is 1.07. The van der Waals surface area contributed by atoms with E-state index in [9.17, 15) is 0 Å². The van der Waals surface area contributed by atoms with Gasteiger partial charge in [0.1, 0.15) is 5.75 Å². The van der Waals surface area contributed by atoms with Gasteiger partial charge in [-0.3, -0.25) is 4.98 Å². The number of nitrogens with zero attached hydrogens (tertiary/aromatic N) is 1. The molecular formula is C11H10BrNO2. The van der Waals surface area contributed by atoms with E-state index in [1.807, 2.05) is 24.3 Å². The van der Waals surface area contributed by atoms with Crippen molar-refractivity contribution < 1.29 is 9.47 Å². The van der Waals surface area contributed by atoms with Gasteiger partial charge in [0.15, 0.2) is 6.79 Å². The van der Waals surface area contributed by atoms with Crippen LogP contribution in [0, 0.1) is 0 Å². The fourth-order valence-corrected chi connectivity index (χ4v) is 1.88. The molecule has 2 rings (SSSR count). The van der Waals surface area contributed by atoms with Gasteiger partial charge in [-0.1, -0.05) is 6.07 Å². The molecule has 0 bridgehead atoms. The van der Waals surface area contributed by atoms with Gasteiger partial charge in [0.25, 0.3) is 0 Å². The van der Waals surface area contributed by atoms with E-state index in [-0.39, 0.29) is 6.79 Å². The summed E-state index contributed by atoms with van der Waals surface area (Å²) in [6.45, 7) is 0.241. The molecule has 0 aliphatic carbocycles. The summed E-state index contributed by atoms with van der Waals surface area (Å²) in [6.07, 6.45) is 1.76. The lowest BCUT2D eigenvalue weighted by atomic mass is 10.2. The number of halogens is 1. The molecule has 0 atom stereocenters. The van der Waals surface area contributed by atoms with Gasteiger partial charge in [-0.2, -0.15) is 0 Å². The minimum atomic E-state index is 0.241. The van der Waals surface area contributed by atoms with E-state index < -0.39 is 0 Å². The molecule has 0 saturated heterocycles. The highest BCUT2D eigenvalue weighted by Gasteiger charge is 2.02. The first-order valence-corrected chi connectivity index (χ1v) is 5.26. The van der Waals surface area contributed by atoms with E-state index in [0.29, 0.717) is 0 Å². The van der Waals surface area contributed by atoms with Crippen LogP contribution in [-0.2, 0) is 4.74 Å². The van der Waals surface area contributed by atoms with Crippen LogP contribution in [0.1, 0.15) is 0 Å². The Kier molecular flexibility index (Phi) is 3.18. The number of aromatic nitrogens is 1. The Morgan fingerprint density at radius 2 is 2.27 bits per heavy atom. The van der Waals surface area contributed by atoms with Crippen molar-refractivity contribution in [2.24, 2.45) is 0 Å². The molecule has 15 heavy (non-hydrogen) atoms. The van der Waals surface area contributed by atoms with E-state index in [4.69, 9.17) is 9.47 Å². The van der Waals surface area contributed by atoms with Crippen LogP contribution in [0.15, 0.2) is 34.9 Å². The highest BCUT2D eigenvalue weighted by atomic mass is 79.9. The molecule has 3 nitrogen and oxygen atoms in total. The van der Waals surface area contributed by atoms with Crippen LogP contribution in [0.4, 0.5) is 0 Å². The van der Waals surface area contributed by atoms with E-state index >= 15 is 0 Å². The number of hydrogen-bond donors (Lipinski definition) is 0. The third-order valence-corrected chi connectivity index (χ3v) is 2.64. The Balaban J connectivity index is 2.43. The van der Waals surface area contributed by atoms with Crippen molar-refractivity contribution in [3.05, 3.63) is 34.9 Å². The molecule has 0 amide bonds. The summed E-state index contributed by atoms with van der Waals surface area (Å²) in [6, 6.07) is 7.71. The third kappa shape index (κ3) is 2.27.